The van der Waals surface area contributed by atoms with Crippen molar-refractivity contribution in [3.63, 3.8) is 0 Å². The minimum atomic E-state index is -0.491. The van der Waals surface area contributed by atoms with Gasteiger partial charge in [0.25, 0.3) is 0 Å². The van der Waals surface area contributed by atoms with Gasteiger partial charge in [0.2, 0.25) is 5.91 Å². The van der Waals surface area contributed by atoms with E-state index in [1.54, 1.807) is 4.90 Å². The minimum Gasteiger partial charge on any atom is -0.490 e. The number of carbonyl (C=O) groups excluding carboxylic acids is 2. The third-order valence-electron chi connectivity index (χ3n) is 5.13. The van der Waals surface area contributed by atoms with Crippen LogP contribution in [0.5, 0.6) is 5.75 Å². The molecule has 0 N–H and O–H groups in total. The van der Waals surface area contributed by atoms with Gasteiger partial charge in [0.15, 0.2) is 5.78 Å². The summed E-state index contributed by atoms with van der Waals surface area (Å²) >= 11 is 1.53. The number of hydrogen-bond donors (Lipinski definition) is 0. The lowest BCUT2D eigenvalue weighted by Crippen LogP contribution is -2.48. The van der Waals surface area contributed by atoms with Crippen LogP contribution in [0.25, 0.3) is 5.65 Å². The van der Waals surface area contributed by atoms with Gasteiger partial charge in [-0.25, -0.2) is 9.37 Å². The first-order valence-corrected chi connectivity index (χ1v) is 11.5. The highest BCUT2D eigenvalue weighted by Gasteiger charge is 2.25. The number of thioether (sulfide) groups is 1. The number of imidazole rings is 1. The van der Waals surface area contributed by atoms with Crippen LogP contribution in [0.1, 0.15) is 23.0 Å². The zero-order valence-corrected chi connectivity index (χ0v) is 18.5. The van der Waals surface area contributed by atoms with Crippen molar-refractivity contribution in [1.29, 1.82) is 0 Å². The van der Waals surface area contributed by atoms with Crippen molar-refractivity contribution in [3.8, 4) is 5.75 Å². The summed E-state index contributed by atoms with van der Waals surface area (Å²) in [6, 6.07) is 9.69. The molecule has 1 atom stereocenters. The normalized spacial score (nSPS) is 16.3. The molecule has 0 bridgehead atoms. The van der Waals surface area contributed by atoms with Crippen LogP contribution in [0.2, 0.25) is 0 Å². The summed E-state index contributed by atoms with van der Waals surface area (Å²) in [5, 5.41) is 0. The molecule has 1 unspecified atom stereocenters. The summed E-state index contributed by atoms with van der Waals surface area (Å²) in [6.45, 7) is 2.89. The van der Waals surface area contributed by atoms with Gasteiger partial charge in [0.05, 0.1) is 30.2 Å². The van der Waals surface area contributed by atoms with Crippen molar-refractivity contribution in [1.82, 2.24) is 14.3 Å². The molecule has 1 aliphatic heterocycles. The molecule has 0 radical (unpaired) electrons. The molecular formula is C23H24FN3O4S. The average molecular weight is 458 g/mol. The Balaban J connectivity index is 1.26. The van der Waals surface area contributed by atoms with Crippen LogP contribution in [-0.2, 0) is 15.3 Å². The molecule has 9 heteroatoms. The van der Waals surface area contributed by atoms with Crippen LogP contribution in [0.4, 0.5) is 4.39 Å². The number of carbonyl (C=O) groups is 2. The summed E-state index contributed by atoms with van der Waals surface area (Å²) in [7, 11) is 0. The molecule has 3 heterocycles. The lowest BCUT2D eigenvalue weighted by Gasteiger charge is -2.33. The number of aromatic nitrogens is 2. The summed E-state index contributed by atoms with van der Waals surface area (Å²) in [6.07, 6.45) is 3.60. The molecular weight excluding hydrogens is 433 g/mol. The number of fused-ring (bicyclic) bond motifs is 1. The predicted molar refractivity (Wildman–Crippen MR) is 120 cm³/mol. The molecule has 1 fully saturated rings. The van der Waals surface area contributed by atoms with Crippen molar-refractivity contribution in [2.24, 2.45) is 0 Å². The van der Waals surface area contributed by atoms with Crippen LogP contribution < -0.4 is 4.74 Å². The molecule has 1 aliphatic rings. The van der Waals surface area contributed by atoms with Gasteiger partial charge in [0, 0.05) is 24.7 Å². The first kappa shape index (κ1) is 22.3. The van der Waals surface area contributed by atoms with E-state index in [1.807, 2.05) is 35.0 Å². The Hall–Kier alpha value is -2.91. The maximum Gasteiger partial charge on any atom is 0.232 e. The molecule has 1 aromatic carbocycles. The molecule has 0 saturated carbocycles. The lowest BCUT2D eigenvalue weighted by molar-refractivity contribution is -0.137. The highest BCUT2D eigenvalue weighted by molar-refractivity contribution is 7.99. The van der Waals surface area contributed by atoms with Crippen LogP contribution in [0.15, 0.2) is 48.8 Å². The van der Waals surface area contributed by atoms with E-state index in [-0.39, 0.29) is 30.0 Å². The number of pyridine rings is 1. The van der Waals surface area contributed by atoms with Gasteiger partial charge >= 0.3 is 0 Å². The van der Waals surface area contributed by atoms with Crippen molar-refractivity contribution >= 4 is 29.1 Å². The molecule has 1 saturated heterocycles. The highest BCUT2D eigenvalue weighted by Crippen LogP contribution is 2.21. The van der Waals surface area contributed by atoms with Gasteiger partial charge in [-0.2, -0.15) is 0 Å². The number of ether oxygens (including phenoxy) is 2. The fraction of sp³-hybridized carbons (Fsp3) is 0.348. The Bertz CT molecular complexity index is 1090. The maximum absolute atomic E-state index is 13.4. The quantitative estimate of drug-likeness (QED) is 0.484. The predicted octanol–water partition coefficient (Wildman–Crippen LogP) is 3.22. The summed E-state index contributed by atoms with van der Waals surface area (Å²) in [5.41, 5.74) is 2.01. The van der Waals surface area contributed by atoms with Crippen molar-refractivity contribution < 1.29 is 23.5 Å². The van der Waals surface area contributed by atoms with E-state index in [0.29, 0.717) is 37.0 Å². The van der Waals surface area contributed by atoms with Crippen LogP contribution in [0, 0.1) is 5.82 Å². The van der Waals surface area contributed by atoms with Gasteiger partial charge in [-0.15, -0.1) is 11.8 Å². The number of morpholine rings is 1. The van der Waals surface area contributed by atoms with Crippen molar-refractivity contribution in [2.45, 2.75) is 18.8 Å². The third-order valence-corrected chi connectivity index (χ3v) is 6.08. The second-order valence-corrected chi connectivity index (χ2v) is 8.52. The van der Waals surface area contributed by atoms with Gasteiger partial charge in [-0.3, -0.25) is 9.59 Å². The number of rotatable bonds is 8. The molecule has 3 aromatic rings. The molecule has 7 nitrogen and oxygen atoms in total. The Kier molecular flexibility index (Phi) is 7.06. The average Bonchev–Trinajstić information content (AvgIpc) is 3.21. The second kappa shape index (κ2) is 10.1. The molecule has 0 spiro atoms. The van der Waals surface area contributed by atoms with Gasteiger partial charge in [-0.05, 0) is 37.3 Å². The topological polar surface area (TPSA) is 73.1 Å². The molecule has 1 amide bonds. The molecule has 2 aromatic heterocycles. The van der Waals surface area contributed by atoms with E-state index in [1.165, 1.54) is 30.8 Å². The van der Waals surface area contributed by atoms with Crippen LogP contribution in [0.3, 0.4) is 0 Å². The second-order valence-electron chi connectivity index (χ2n) is 7.53. The van der Waals surface area contributed by atoms with E-state index in [0.717, 1.165) is 17.4 Å². The maximum atomic E-state index is 13.4. The van der Waals surface area contributed by atoms with Crippen LogP contribution >= 0.6 is 11.8 Å². The largest absolute Gasteiger partial charge is 0.490 e. The SMILES string of the molecule is CC(=O)c1cc(F)ccc1OCC1CN(C(=O)CSCc2cn3ccccc3n2)CCO1. The zero-order valence-electron chi connectivity index (χ0n) is 17.7. The Morgan fingerprint density at radius 1 is 1.31 bits per heavy atom. The molecule has 32 heavy (non-hydrogen) atoms. The number of amides is 1. The fourth-order valence-corrected chi connectivity index (χ4v) is 4.33. The van der Waals surface area contributed by atoms with E-state index >= 15 is 0 Å². The zero-order chi connectivity index (χ0) is 22.5. The highest BCUT2D eigenvalue weighted by atomic mass is 32.2. The fourth-order valence-electron chi connectivity index (χ4n) is 3.52. The first-order chi connectivity index (χ1) is 15.5. The van der Waals surface area contributed by atoms with Crippen LogP contribution in [-0.4, -0.2) is 64.1 Å². The van der Waals surface area contributed by atoms with Gasteiger partial charge in [-0.1, -0.05) is 6.07 Å². The Labute approximate surface area is 189 Å². The van der Waals surface area contributed by atoms with E-state index in [9.17, 15) is 14.0 Å². The number of halogens is 1. The number of benzene rings is 1. The van der Waals surface area contributed by atoms with Gasteiger partial charge in [0.1, 0.15) is 29.9 Å². The van der Waals surface area contributed by atoms with E-state index < -0.39 is 5.82 Å². The monoisotopic (exact) mass is 457 g/mol. The number of nitrogens with zero attached hydrogens (tertiary/aromatic N) is 3. The van der Waals surface area contributed by atoms with Crippen molar-refractivity contribution in [3.05, 3.63) is 65.9 Å². The van der Waals surface area contributed by atoms with Gasteiger partial charge < -0.3 is 18.8 Å². The standard InChI is InChI=1S/C23H24FN3O4S/c1-16(28)20-10-17(24)5-6-21(20)31-13-19-12-27(8-9-30-19)23(29)15-32-14-18-11-26-7-3-2-4-22(26)25-18/h2-7,10-11,19H,8-9,12-15H2,1H3. The third kappa shape index (κ3) is 5.46. The number of ketones is 1. The Morgan fingerprint density at radius 2 is 2.19 bits per heavy atom. The number of Topliss-reactive ketones (excluding diaryl/α,β-unsaturated/α-hetero) is 1. The molecule has 4 rings (SSSR count). The first-order valence-electron chi connectivity index (χ1n) is 10.3. The lowest BCUT2D eigenvalue weighted by atomic mass is 10.1. The summed E-state index contributed by atoms with van der Waals surface area (Å²) in [4.78, 5) is 30.7. The minimum absolute atomic E-state index is 0.0401. The Morgan fingerprint density at radius 3 is 3.00 bits per heavy atom. The van der Waals surface area contributed by atoms with Crippen molar-refractivity contribution in [2.75, 3.05) is 32.1 Å². The summed E-state index contributed by atoms with van der Waals surface area (Å²) in [5.74, 6) is 0.599. The number of hydrogen-bond acceptors (Lipinski definition) is 6. The van der Waals surface area contributed by atoms with E-state index in [2.05, 4.69) is 4.98 Å². The smallest absolute Gasteiger partial charge is 0.232 e. The molecule has 168 valence electrons. The molecule has 0 aliphatic carbocycles. The van der Waals surface area contributed by atoms with E-state index in [4.69, 9.17) is 9.47 Å². The summed E-state index contributed by atoms with van der Waals surface area (Å²) < 4.78 is 26.8.